The first-order chi connectivity index (χ1) is 15.5. The van der Waals surface area contributed by atoms with E-state index in [1.54, 1.807) is 47.4 Å². The first-order valence-electron chi connectivity index (χ1n) is 10.9. The lowest BCUT2D eigenvalue weighted by atomic mass is 9.79. The predicted octanol–water partition coefficient (Wildman–Crippen LogP) is 3.94. The highest BCUT2D eigenvalue weighted by molar-refractivity contribution is 7.90. The summed E-state index contributed by atoms with van der Waals surface area (Å²) in [6.07, 6.45) is 11.1. The van der Waals surface area contributed by atoms with Gasteiger partial charge in [0.2, 0.25) is 0 Å². The monoisotopic (exact) mass is 450 g/mol. The molecule has 7 nitrogen and oxygen atoms in total. The van der Waals surface area contributed by atoms with E-state index in [-0.39, 0.29) is 11.5 Å². The topological polar surface area (TPSA) is 90.0 Å². The van der Waals surface area contributed by atoms with E-state index >= 15 is 0 Å². The predicted molar refractivity (Wildman–Crippen MR) is 123 cm³/mol. The average molecular weight is 451 g/mol. The van der Waals surface area contributed by atoms with Crippen LogP contribution in [0, 0.1) is 5.92 Å². The normalized spacial score (nSPS) is 19.4. The number of benzene rings is 1. The van der Waals surface area contributed by atoms with Crippen LogP contribution in [0.3, 0.4) is 0 Å². The molecule has 166 valence electrons. The van der Waals surface area contributed by atoms with Crippen molar-refractivity contribution in [1.82, 2.24) is 18.7 Å². The maximum absolute atomic E-state index is 13.4. The van der Waals surface area contributed by atoms with E-state index in [0.717, 1.165) is 47.8 Å². The molecule has 32 heavy (non-hydrogen) atoms. The third-order valence-corrected chi connectivity index (χ3v) is 8.19. The number of aliphatic hydroxyl groups is 1. The fourth-order valence-electron chi connectivity index (χ4n) is 4.68. The van der Waals surface area contributed by atoms with E-state index in [4.69, 9.17) is 0 Å². The van der Waals surface area contributed by atoms with Gasteiger partial charge in [0.15, 0.2) is 5.65 Å². The molecule has 3 aromatic heterocycles. The third-order valence-electron chi connectivity index (χ3n) is 6.53. The minimum Gasteiger partial charge on any atom is -0.396 e. The molecule has 3 heterocycles. The zero-order chi connectivity index (χ0) is 22.3. The average Bonchev–Trinajstić information content (AvgIpc) is 3.43. The number of aliphatic hydroxyl groups excluding tert-OH is 1. The third kappa shape index (κ3) is 3.63. The molecule has 0 atom stereocenters. The van der Waals surface area contributed by atoms with Crippen LogP contribution in [0.4, 0.5) is 0 Å². The van der Waals surface area contributed by atoms with Crippen molar-refractivity contribution in [3.05, 3.63) is 66.7 Å². The Bertz CT molecular complexity index is 1350. The second-order valence-electron chi connectivity index (χ2n) is 8.60. The number of aromatic nitrogens is 4. The van der Waals surface area contributed by atoms with Gasteiger partial charge in [-0.2, -0.15) is 5.10 Å². The molecule has 1 fully saturated rings. The molecule has 1 saturated carbocycles. The van der Waals surface area contributed by atoms with Crippen LogP contribution in [0.15, 0.2) is 66.1 Å². The Morgan fingerprint density at radius 3 is 2.47 bits per heavy atom. The number of nitrogens with zero attached hydrogens (tertiary/aromatic N) is 4. The van der Waals surface area contributed by atoms with Gasteiger partial charge < -0.3 is 5.11 Å². The lowest BCUT2D eigenvalue weighted by molar-refractivity contribution is 0.182. The summed E-state index contributed by atoms with van der Waals surface area (Å²) >= 11 is 0. The Kier molecular flexibility index (Phi) is 5.35. The minimum atomic E-state index is -3.80. The largest absolute Gasteiger partial charge is 0.396 e. The molecule has 0 radical (unpaired) electrons. The van der Waals surface area contributed by atoms with Crippen molar-refractivity contribution in [2.75, 3.05) is 6.61 Å². The van der Waals surface area contributed by atoms with Crippen LogP contribution in [-0.4, -0.2) is 38.9 Å². The maximum atomic E-state index is 13.4. The molecule has 1 aliphatic rings. The van der Waals surface area contributed by atoms with Crippen molar-refractivity contribution >= 4 is 21.1 Å². The fourth-order valence-corrected chi connectivity index (χ4v) is 6.02. The lowest BCUT2D eigenvalue weighted by Gasteiger charge is -2.27. The molecule has 0 unspecified atom stereocenters. The van der Waals surface area contributed by atoms with Crippen molar-refractivity contribution in [1.29, 1.82) is 0 Å². The van der Waals surface area contributed by atoms with Crippen LogP contribution in [0.2, 0.25) is 0 Å². The molecule has 1 N–H and O–H groups in total. The smallest absolute Gasteiger partial charge is 0.269 e. The van der Waals surface area contributed by atoms with Crippen molar-refractivity contribution in [2.24, 2.45) is 13.0 Å². The van der Waals surface area contributed by atoms with E-state index in [9.17, 15) is 13.5 Å². The van der Waals surface area contributed by atoms with Crippen LogP contribution in [0.25, 0.3) is 22.2 Å². The maximum Gasteiger partial charge on any atom is 0.269 e. The number of fused-ring (bicyclic) bond motifs is 1. The molecule has 8 heteroatoms. The second-order valence-corrected chi connectivity index (χ2v) is 10.4. The van der Waals surface area contributed by atoms with Gasteiger partial charge in [0, 0.05) is 48.8 Å². The van der Waals surface area contributed by atoms with Crippen molar-refractivity contribution < 1.29 is 13.5 Å². The molecule has 1 aromatic carbocycles. The quantitative estimate of drug-likeness (QED) is 0.497. The summed E-state index contributed by atoms with van der Waals surface area (Å²) in [6, 6.07) is 10.5. The number of hydrogen-bond donors (Lipinski definition) is 1. The summed E-state index contributed by atoms with van der Waals surface area (Å²) < 4.78 is 29.9. The standard InChI is InChI=1S/C24H26N4O3S/c1-27-14-20(13-26-27)23-15-28(32(30,31)21-5-3-2-4-6-21)24-22(23)11-19(12-25-24)18-9-7-17(16-29)8-10-18/h2-6,11-15,17-18,29H,7-10,16H2,1H3. The molecule has 1 aliphatic carbocycles. The molecule has 5 rings (SSSR count). The number of aryl methyl sites for hydroxylation is 1. The highest BCUT2D eigenvalue weighted by atomic mass is 32.2. The Hall–Kier alpha value is -2.97. The van der Waals surface area contributed by atoms with Gasteiger partial charge in [-0.25, -0.2) is 17.4 Å². The second kappa shape index (κ2) is 8.18. The molecule has 0 aliphatic heterocycles. The van der Waals surface area contributed by atoms with Crippen LogP contribution in [0.5, 0.6) is 0 Å². The van der Waals surface area contributed by atoms with E-state index in [1.807, 2.05) is 19.4 Å². The SMILES string of the molecule is Cn1cc(-c2cn(S(=O)(=O)c3ccccc3)c3ncc(C4CCC(CO)CC4)cc23)cn1. The van der Waals surface area contributed by atoms with Gasteiger partial charge in [-0.1, -0.05) is 18.2 Å². The van der Waals surface area contributed by atoms with Gasteiger partial charge >= 0.3 is 0 Å². The van der Waals surface area contributed by atoms with E-state index in [2.05, 4.69) is 16.1 Å². The van der Waals surface area contributed by atoms with Gasteiger partial charge in [0.1, 0.15) is 0 Å². The molecular weight excluding hydrogens is 424 g/mol. The first kappa shape index (κ1) is 20.9. The summed E-state index contributed by atoms with van der Waals surface area (Å²) in [5.74, 6) is 0.747. The highest BCUT2D eigenvalue weighted by Gasteiger charge is 2.26. The molecule has 0 spiro atoms. The zero-order valence-corrected chi connectivity index (χ0v) is 18.7. The Morgan fingerprint density at radius 2 is 1.81 bits per heavy atom. The summed E-state index contributed by atoms with van der Waals surface area (Å²) in [7, 11) is -1.96. The molecule has 4 aromatic rings. The fraction of sp³-hybridized carbons (Fsp3) is 0.333. The minimum absolute atomic E-state index is 0.225. The van der Waals surface area contributed by atoms with Gasteiger partial charge in [-0.3, -0.25) is 4.68 Å². The van der Waals surface area contributed by atoms with Gasteiger partial charge in [0.05, 0.1) is 11.1 Å². The van der Waals surface area contributed by atoms with Gasteiger partial charge in [-0.15, -0.1) is 0 Å². The molecular formula is C24H26N4O3S. The van der Waals surface area contributed by atoms with Gasteiger partial charge in [0.25, 0.3) is 10.0 Å². The van der Waals surface area contributed by atoms with Gasteiger partial charge in [-0.05, 0) is 61.3 Å². The van der Waals surface area contributed by atoms with Crippen molar-refractivity contribution in [3.8, 4) is 11.1 Å². The summed E-state index contributed by atoms with van der Waals surface area (Å²) in [5.41, 5.74) is 3.18. The van der Waals surface area contributed by atoms with E-state index in [1.165, 1.54) is 3.97 Å². The van der Waals surface area contributed by atoms with Crippen molar-refractivity contribution in [2.45, 2.75) is 36.5 Å². The Labute approximate surface area is 187 Å². The molecule has 0 amide bonds. The molecule has 0 saturated heterocycles. The van der Waals surface area contributed by atoms with E-state index in [0.29, 0.717) is 17.5 Å². The number of hydrogen-bond acceptors (Lipinski definition) is 5. The summed E-state index contributed by atoms with van der Waals surface area (Å²) in [6.45, 7) is 0.245. The van der Waals surface area contributed by atoms with E-state index < -0.39 is 10.0 Å². The van der Waals surface area contributed by atoms with Crippen LogP contribution in [-0.2, 0) is 17.1 Å². The molecule has 0 bridgehead atoms. The zero-order valence-electron chi connectivity index (χ0n) is 17.9. The van der Waals surface area contributed by atoms with Crippen LogP contribution in [0.1, 0.15) is 37.2 Å². The first-order valence-corrected chi connectivity index (χ1v) is 12.3. The summed E-state index contributed by atoms with van der Waals surface area (Å²) in [4.78, 5) is 4.87. The number of rotatable bonds is 5. The van der Waals surface area contributed by atoms with Crippen LogP contribution >= 0.6 is 0 Å². The van der Waals surface area contributed by atoms with Crippen LogP contribution < -0.4 is 0 Å². The lowest BCUT2D eigenvalue weighted by Crippen LogP contribution is -2.16. The Balaban J connectivity index is 1.65. The summed E-state index contributed by atoms with van der Waals surface area (Å²) in [5, 5.41) is 14.5. The number of pyridine rings is 1. The van der Waals surface area contributed by atoms with Crippen molar-refractivity contribution in [3.63, 3.8) is 0 Å². The highest BCUT2D eigenvalue weighted by Crippen LogP contribution is 2.38. The Morgan fingerprint density at radius 1 is 1.06 bits per heavy atom.